The van der Waals surface area contributed by atoms with Crippen LogP contribution in [0.5, 0.6) is 0 Å². The fourth-order valence-electron chi connectivity index (χ4n) is 11.1. The summed E-state index contributed by atoms with van der Waals surface area (Å²) in [6, 6.07) is 0. The Morgan fingerprint density at radius 2 is 1.61 bits per heavy atom. The van der Waals surface area contributed by atoms with Crippen LogP contribution in [0, 0.1) is 50.7 Å². The van der Waals surface area contributed by atoms with E-state index in [4.69, 9.17) is 4.74 Å². The highest BCUT2D eigenvalue weighted by Crippen LogP contribution is 2.69. The topological polar surface area (TPSA) is 26.3 Å². The normalized spacial score (nSPS) is 50.7. The first-order chi connectivity index (χ1) is 15.3. The highest BCUT2D eigenvalue weighted by molar-refractivity contribution is 5.85. The average molecular weight is 455 g/mol. The summed E-state index contributed by atoms with van der Waals surface area (Å²) in [5.41, 5.74) is 2.87. The summed E-state index contributed by atoms with van der Waals surface area (Å²) in [5.74, 6) is 3.33. The molecule has 2 nitrogen and oxygen atoms in total. The van der Waals surface area contributed by atoms with Crippen LogP contribution in [-0.2, 0) is 9.53 Å². The van der Waals surface area contributed by atoms with Gasteiger partial charge in [-0.15, -0.1) is 0 Å². The van der Waals surface area contributed by atoms with Gasteiger partial charge in [0.1, 0.15) is 5.78 Å². The van der Waals surface area contributed by atoms with E-state index >= 15 is 0 Å². The fourth-order valence-corrected chi connectivity index (χ4v) is 11.1. The third-order valence-corrected chi connectivity index (χ3v) is 12.8. The van der Waals surface area contributed by atoms with Crippen molar-refractivity contribution in [1.29, 1.82) is 0 Å². The highest BCUT2D eigenvalue weighted by Gasteiger charge is 2.62. The lowest BCUT2D eigenvalue weighted by Crippen LogP contribution is -2.56. The maximum absolute atomic E-state index is 12.9. The molecule has 0 aromatic rings. The van der Waals surface area contributed by atoms with Gasteiger partial charge in [0.25, 0.3) is 0 Å². The Bertz CT molecular complexity index is 851. The number of carbonyl (C=O) groups excluding carboxylic acids is 1. The first kappa shape index (κ1) is 24.1. The lowest BCUT2D eigenvalue weighted by atomic mass is 9.43. The maximum Gasteiger partial charge on any atom is 0.138 e. The van der Waals surface area contributed by atoms with Crippen molar-refractivity contribution in [2.75, 3.05) is 7.11 Å². The highest BCUT2D eigenvalue weighted by atomic mass is 16.5. The van der Waals surface area contributed by atoms with Gasteiger partial charge in [0.15, 0.2) is 0 Å². The monoisotopic (exact) mass is 454 g/mol. The lowest BCUT2D eigenvalue weighted by Gasteiger charge is -2.62. The van der Waals surface area contributed by atoms with Crippen LogP contribution < -0.4 is 0 Å². The number of allylic oxidation sites excluding steroid dienone is 2. The molecule has 0 heterocycles. The van der Waals surface area contributed by atoms with Crippen molar-refractivity contribution in [3.8, 4) is 0 Å². The number of methoxy groups -OCH3 is 1. The molecule has 0 saturated heterocycles. The Labute approximate surface area is 203 Å². The zero-order valence-electron chi connectivity index (χ0n) is 22.9. The number of Topliss-reactive ketones (excluding diaryl/α,β-unsaturated/α-hetero) is 1. The lowest BCUT2D eigenvalue weighted by molar-refractivity contribution is -0.152. The van der Waals surface area contributed by atoms with Crippen molar-refractivity contribution >= 4 is 5.78 Å². The Morgan fingerprint density at radius 3 is 2.30 bits per heavy atom. The fraction of sp³-hybridized carbons (Fsp3) is 0.903. The quantitative estimate of drug-likeness (QED) is 0.375. The summed E-state index contributed by atoms with van der Waals surface area (Å²) in [5, 5.41) is 0. The molecule has 5 aliphatic rings. The summed E-state index contributed by atoms with van der Waals surface area (Å²) in [6.07, 6.45) is 15.4. The Morgan fingerprint density at radius 1 is 0.879 bits per heavy atom. The zero-order valence-corrected chi connectivity index (χ0v) is 22.9. The predicted molar refractivity (Wildman–Crippen MR) is 136 cm³/mol. The van der Waals surface area contributed by atoms with Crippen LogP contribution >= 0.6 is 0 Å². The van der Waals surface area contributed by atoms with Crippen LogP contribution in [0.2, 0.25) is 0 Å². The second-order valence-corrected chi connectivity index (χ2v) is 14.9. The zero-order chi connectivity index (χ0) is 24.0. The van der Waals surface area contributed by atoms with E-state index < -0.39 is 0 Å². The van der Waals surface area contributed by atoms with Gasteiger partial charge in [-0.25, -0.2) is 0 Å². The van der Waals surface area contributed by atoms with Crippen LogP contribution in [0.3, 0.4) is 0 Å². The number of hydrogen-bond acceptors (Lipinski definition) is 2. The van der Waals surface area contributed by atoms with Gasteiger partial charge in [0, 0.05) is 18.9 Å². The molecule has 0 spiro atoms. The standard InChI is InChI=1S/C31H50O2/c1-27(2)22-11-9-20-19-29(5)16-13-23-28(3,4)26(33-8)15-18-31(23,7)24(29)12-10-21(20)30(22,6)17-14-25(27)32/h12,20-23,26H,9-11,13-19H2,1-8H3/t20-,21-,22+,23-,26+,29+,30-,31+/m1/s1. The summed E-state index contributed by atoms with van der Waals surface area (Å²) in [6.45, 7) is 17.3. The van der Waals surface area contributed by atoms with Crippen molar-refractivity contribution < 1.29 is 9.53 Å². The molecular weight excluding hydrogens is 404 g/mol. The van der Waals surface area contributed by atoms with E-state index in [-0.39, 0.29) is 10.8 Å². The third kappa shape index (κ3) is 3.17. The molecular formula is C31H50O2. The minimum Gasteiger partial charge on any atom is -0.381 e. The molecule has 0 bridgehead atoms. The van der Waals surface area contributed by atoms with Gasteiger partial charge in [0.05, 0.1) is 6.10 Å². The number of carbonyl (C=O) groups is 1. The minimum absolute atomic E-state index is 0.145. The van der Waals surface area contributed by atoms with Gasteiger partial charge in [-0.3, -0.25) is 4.79 Å². The molecule has 2 heteroatoms. The molecule has 4 saturated carbocycles. The molecule has 8 atom stereocenters. The van der Waals surface area contributed by atoms with E-state index in [2.05, 4.69) is 54.5 Å². The van der Waals surface area contributed by atoms with Crippen molar-refractivity contribution in [3.63, 3.8) is 0 Å². The average Bonchev–Trinajstić information content (AvgIpc) is 2.88. The molecule has 0 N–H and O–H groups in total. The second-order valence-electron chi connectivity index (χ2n) is 14.9. The Kier molecular flexibility index (Phi) is 5.43. The van der Waals surface area contributed by atoms with Crippen molar-refractivity contribution in [2.24, 2.45) is 50.7 Å². The van der Waals surface area contributed by atoms with Crippen LogP contribution in [0.1, 0.15) is 113 Å². The summed E-state index contributed by atoms with van der Waals surface area (Å²) >= 11 is 0. The van der Waals surface area contributed by atoms with E-state index in [9.17, 15) is 4.79 Å². The number of ether oxygens (including phenoxy) is 1. The van der Waals surface area contributed by atoms with E-state index in [0.29, 0.717) is 40.0 Å². The largest absolute Gasteiger partial charge is 0.381 e. The van der Waals surface area contributed by atoms with Gasteiger partial charge in [-0.2, -0.15) is 0 Å². The summed E-state index contributed by atoms with van der Waals surface area (Å²) < 4.78 is 6.02. The van der Waals surface area contributed by atoms with Gasteiger partial charge in [-0.05, 0) is 103 Å². The summed E-state index contributed by atoms with van der Waals surface area (Å²) in [7, 11) is 1.92. The smallest absolute Gasteiger partial charge is 0.138 e. The molecule has 0 unspecified atom stereocenters. The molecule has 186 valence electrons. The molecule has 0 aliphatic heterocycles. The Hall–Kier alpha value is -0.630. The molecule has 5 rings (SSSR count). The van der Waals surface area contributed by atoms with Crippen LogP contribution in [0.25, 0.3) is 0 Å². The molecule has 33 heavy (non-hydrogen) atoms. The predicted octanol–water partition coefficient (Wildman–Crippen LogP) is 8.00. The van der Waals surface area contributed by atoms with Gasteiger partial charge >= 0.3 is 0 Å². The first-order valence-electron chi connectivity index (χ1n) is 14.1. The molecule has 0 aromatic heterocycles. The van der Waals surface area contributed by atoms with Crippen molar-refractivity contribution in [3.05, 3.63) is 11.6 Å². The van der Waals surface area contributed by atoms with Crippen molar-refractivity contribution in [1.82, 2.24) is 0 Å². The van der Waals surface area contributed by atoms with Gasteiger partial charge < -0.3 is 4.74 Å². The molecule has 0 radical (unpaired) electrons. The Balaban J connectivity index is 1.52. The number of hydrogen-bond donors (Lipinski definition) is 0. The molecule has 5 aliphatic carbocycles. The first-order valence-corrected chi connectivity index (χ1v) is 14.1. The number of fused-ring (bicyclic) bond motifs is 6. The molecule has 0 aromatic carbocycles. The SMILES string of the molecule is CO[C@H]1CC[C@]2(C)C3=CC[C@@H]4[C@H](CC[C@H]5C(C)(C)C(=O)CC[C@]45C)C[C@]3(C)CC[C@@H]2C1(C)C. The van der Waals surface area contributed by atoms with Crippen LogP contribution in [0.4, 0.5) is 0 Å². The number of rotatable bonds is 1. The minimum atomic E-state index is -0.145. The maximum atomic E-state index is 12.9. The molecule has 0 amide bonds. The van der Waals surface area contributed by atoms with E-state index in [1.54, 1.807) is 0 Å². The van der Waals surface area contributed by atoms with E-state index in [1.807, 2.05) is 12.7 Å². The van der Waals surface area contributed by atoms with E-state index in [0.717, 1.165) is 24.7 Å². The van der Waals surface area contributed by atoms with Crippen molar-refractivity contribution in [2.45, 2.75) is 119 Å². The summed E-state index contributed by atoms with van der Waals surface area (Å²) in [4.78, 5) is 12.9. The number of ketones is 1. The van der Waals surface area contributed by atoms with Crippen LogP contribution in [0.15, 0.2) is 11.6 Å². The van der Waals surface area contributed by atoms with Gasteiger partial charge in [0.2, 0.25) is 0 Å². The van der Waals surface area contributed by atoms with Crippen LogP contribution in [-0.4, -0.2) is 19.0 Å². The third-order valence-electron chi connectivity index (χ3n) is 12.8. The van der Waals surface area contributed by atoms with E-state index in [1.165, 1.54) is 51.4 Å². The van der Waals surface area contributed by atoms with Gasteiger partial charge in [-0.1, -0.05) is 60.1 Å². The second kappa shape index (κ2) is 7.44. The molecule has 4 fully saturated rings.